The molecule has 0 aliphatic rings. The first-order valence-electron chi connectivity index (χ1n) is 5.88. The molecule has 0 unspecified atom stereocenters. The number of esters is 1. The Bertz CT molecular complexity index is 449. The smallest absolute Gasteiger partial charge is 0.305 e. The number of ether oxygens (including phenoxy) is 1. The molecule has 1 N–H and O–H groups in total. The molecule has 0 spiro atoms. The van der Waals surface area contributed by atoms with Gasteiger partial charge in [0.25, 0.3) is 0 Å². The van der Waals surface area contributed by atoms with Crippen molar-refractivity contribution in [3.05, 3.63) is 29.3 Å². The third kappa shape index (κ3) is 3.58. The summed E-state index contributed by atoms with van der Waals surface area (Å²) in [6, 6.07) is 4.77. The van der Waals surface area contributed by atoms with Gasteiger partial charge in [0, 0.05) is 12.0 Å². The summed E-state index contributed by atoms with van der Waals surface area (Å²) in [5.74, 6) is -0.193. The van der Waals surface area contributed by atoms with Crippen LogP contribution in [0.4, 0.5) is 0 Å². The fraction of sp³-hybridized carbons (Fsp3) is 0.429. The molecule has 18 heavy (non-hydrogen) atoms. The average molecular weight is 250 g/mol. The summed E-state index contributed by atoms with van der Waals surface area (Å²) >= 11 is 0. The summed E-state index contributed by atoms with van der Waals surface area (Å²) in [4.78, 5) is 22.8. The molecule has 0 aromatic heterocycles. The molecule has 0 saturated carbocycles. The van der Waals surface area contributed by atoms with Gasteiger partial charge in [0.05, 0.1) is 13.5 Å². The minimum absolute atomic E-state index is 0.0766. The molecule has 0 saturated heterocycles. The summed E-state index contributed by atoms with van der Waals surface area (Å²) in [6.07, 6.45) is 0.197. The van der Waals surface area contributed by atoms with Crippen LogP contribution in [-0.2, 0) is 9.53 Å². The highest BCUT2D eigenvalue weighted by Crippen LogP contribution is 2.26. The molecule has 0 aliphatic heterocycles. The van der Waals surface area contributed by atoms with Crippen molar-refractivity contribution < 1.29 is 19.4 Å². The SMILES string of the molecule is COC(=O)CCC(=O)c1ccc(O)c(C(C)C)c1. The van der Waals surface area contributed by atoms with Crippen molar-refractivity contribution in [2.45, 2.75) is 32.6 Å². The van der Waals surface area contributed by atoms with Crippen molar-refractivity contribution in [2.75, 3.05) is 7.11 Å². The second-order valence-corrected chi connectivity index (χ2v) is 4.43. The summed E-state index contributed by atoms with van der Waals surface area (Å²) in [5.41, 5.74) is 1.25. The van der Waals surface area contributed by atoms with E-state index in [4.69, 9.17) is 0 Å². The van der Waals surface area contributed by atoms with Crippen molar-refractivity contribution in [2.24, 2.45) is 0 Å². The quantitative estimate of drug-likeness (QED) is 0.644. The zero-order chi connectivity index (χ0) is 13.7. The summed E-state index contributed by atoms with van der Waals surface area (Å²) in [5, 5.41) is 9.66. The number of rotatable bonds is 5. The van der Waals surface area contributed by atoms with Gasteiger partial charge in [0.1, 0.15) is 5.75 Å². The Hall–Kier alpha value is -1.84. The maximum atomic E-state index is 11.9. The summed E-state index contributed by atoms with van der Waals surface area (Å²) < 4.78 is 4.49. The lowest BCUT2D eigenvalue weighted by Crippen LogP contribution is -2.06. The molecule has 1 aromatic carbocycles. The number of carbonyl (C=O) groups excluding carboxylic acids is 2. The average Bonchev–Trinajstić information content (AvgIpc) is 2.35. The van der Waals surface area contributed by atoms with Crippen molar-refractivity contribution in [3.8, 4) is 5.75 Å². The minimum atomic E-state index is -0.397. The first kappa shape index (κ1) is 14.2. The number of methoxy groups -OCH3 is 1. The van der Waals surface area contributed by atoms with Crippen molar-refractivity contribution in [3.63, 3.8) is 0 Å². The third-order valence-corrected chi connectivity index (χ3v) is 2.76. The largest absolute Gasteiger partial charge is 0.508 e. The first-order chi connectivity index (χ1) is 8.45. The van der Waals surface area contributed by atoms with Crippen LogP contribution in [0.3, 0.4) is 0 Å². The van der Waals surface area contributed by atoms with Crippen LogP contribution < -0.4 is 0 Å². The van der Waals surface area contributed by atoms with Gasteiger partial charge >= 0.3 is 5.97 Å². The van der Waals surface area contributed by atoms with Crippen LogP contribution in [-0.4, -0.2) is 24.0 Å². The molecular formula is C14H18O4. The first-order valence-corrected chi connectivity index (χ1v) is 5.88. The zero-order valence-electron chi connectivity index (χ0n) is 10.9. The predicted octanol–water partition coefficient (Wildman–Crippen LogP) is 2.65. The monoisotopic (exact) mass is 250 g/mol. The molecule has 4 nitrogen and oxygen atoms in total. The van der Waals surface area contributed by atoms with Gasteiger partial charge in [-0.3, -0.25) is 9.59 Å². The maximum Gasteiger partial charge on any atom is 0.305 e. The Morgan fingerprint density at radius 2 is 1.94 bits per heavy atom. The van der Waals surface area contributed by atoms with Gasteiger partial charge in [0.2, 0.25) is 0 Å². The van der Waals surface area contributed by atoms with E-state index < -0.39 is 5.97 Å². The Morgan fingerprint density at radius 1 is 1.28 bits per heavy atom. The van der Waals surface area contributed by atoms with Crippen LogP contribution in [0.1, 0.15) is 48.5 Å². The number of hydrogen-bond acceptors (Lipinski definition) is 4. The molecule has 0 radical (unpaired) electrons. The topological polar surface area (TPSA) is 63.6 Å². The fourth-order valence-electron chi connectivity index (χ4n) is 1.65. The van der Waals surface area contributed by atoms with Crippen LogP contribution in [0, 0.1) is 0 Å². The lowest BCUT2D eigenvalue weighted by molar-refractivity contribution is -0.140. The highest BCUT2D eigenvalue weighted by Gasteiger charge is 2.13. The molecule has 1 rings (SSSR count). The van der Waals surface area contributed by atoms with Crippen LogP contribution in [0.2, 0.25) is 0 Å². The zero-order valence-corrected chi connectivity index (χ0v) is 10.9. The van der Waals surface area contributed by atoms with E-state index in [2.05, 4.69) is 4.74 Å². The van der Waals surface area contributed by atoms with E-state index in [9.17, 15) is 14.7 Å². The Labute approximate surface area is 107 Å². The molecule has 0 amide bonds. The number of ketones is 1. The second kappa shape index (κ2) is 6.19. The van der Waals surface area contributed by atoms with Crippen LogP contribution in [0.25, 0.3) is 0 Å². The number of Topliss-reactive ketones (excluding diaryl/α,β-unsaturated/α-hetero) is 1. The number of hydrogen-bond donors (Lipinski definition) is 1. The van der Waals surface area contributed by atoms with E-state index in [1.807, 2.05) is 13.8 Å². The van der Waals surface area contributed by atoms with E-state index in [-0.39, 0.29) is 30.3 Å². The Balaban J connectivity index is 2.80. The van der Waals surface area contributed by atoms with Crippen LogP contribution in [0.5, 0.6) is 5.75 Å². The van der Waals surface area contributed by atoms with Crippen molar-refractivity contribution in [1.82, 2.24) is 0 Å². The lowest BCUT2D eigenvalue weighted by Gasteiger charge is -2.10. The molecule has 0 aliphatic carbocycles. The van der Waals surface area contributed by atoms with Gasteiger partial charge in [-0.1, -0.05) is 13.8 Å². The van der Waals surface area contributed by atoms with Gasteiger partial charge in [-0.15, -0.1) is 0 Å². The molecule has 4 heteroatoms. The number of aromatic hydroxyl groups is 1. The Morgan fingerprint density at radius 3 is 2.50 bits per heavy atom. The van der Waals surface area contributed by atoms with Crippen molar-refractivity contribution >= 4 is 11.8 Å². The lowest BCUT2D eigenvalue weighted by atomic mass is 9.97. The second-order valence-electron chi connectivity index (χ2n) is 4.43. The summed E-state index contributed by atoms with van der Waals surface area (Å²) in [6.45, 7) is 3.88. The van der Waals surface area contributed by atoms with E-state index in [1.165, 1.54) is 13.2 Å². The maximum absolute atomic E-state index is 11.9. The van der Waals surface area contributed by atoms with E-state index >= 15 is 0 Å². The van der Waals surface area contributed by atoms with E-state index in [0.29, 0.717) is 5.56 Å². The molecule has 98 valence electrons. The number of carbonyl (C=O) groups is 2. The Kier molecular flexibility index (Phi) is 4.89. The predicted molar refractivity (Wildman–Crippen MR) is 67.8 cm³/mol. The molecule has 0 atom stereocenters. The van der Waals surface area contributed by atoms with Gasteiger partial charge < -0.3 is 9.84 Å². The minimum Gasteiger partial charge on any atom is -0.508 e. The van der Waals surface area contributed by atoms with Gasteiger partial charge in [-0.2, -0.15) is 0 Å². The highest BCUT2D eigenvalue weighted by atomic mass is 16.5. The summed E-state index contributed by atoms with van der Waals surface area (Å²) in [7, 11) is 1.30. The number of phenolic OH excluding ortho intramolecular Hbond substituents is 1. The molecule has 0 bridgehead atoms. The van der Waals surface area contributed by atoms with Gasteiger partial charge in [-0.25, -0.2) is 0 Å². The highest BCUT2D eigenvalue weighted by molar-refractivity contribution is 5.97. The molecular weight excluding hydrogens is 232 g/mol. The van der Waals surface area contributed by atoms with Gasteiger partial charge in [-0.05, 0) is 29.7 Å². The van der Waals surface area contributed by atoms with E-state index in [1.54, 1.807) is 12.1 Å². The van der Waals surface area contributed by atoms with Crippen LogP contribution in [0.15, 0.2) is 18.2 Å². The molecule has 0 heterocycles. The molecule has 1 aromatic rings. The molecule has 0 fully saturated rings. The number of phenols is 1. The van der Waals surface area contributed by atoms with E-state index in [0.717, 1.165) is 5.56 Å². The van der Waals surface area contributed by atoms with Crippen molar-refractivity contribution in [1.29, 1.82) is 0 Å². The third-order valence-electron chi connectivity index (χ3n) is 2.76. The van der Waals surface area contributed by atoms with Gasteiger partial charge in [0.15, 0.2) is 5.78 Å². The standard InChI is InChI=1S/C14H18O4/c1-9(2)11-8-10(4-5-13(11)16)12(15)6-7-14(17)18-3/h4-5,8-9,16H,6-7H2,1-3H3. The van der Waals surface area contributed by atoms with Crippen LogP contribution >= 0.6 is 0 Å². The fourth-order valence-corrected chi connectivity index (χ4v) is 1.65. The number of benzene rings is 1. The normalized spacial score (nSPS) is 10.4.